The second kappa shape index (κ2) is 13.8. The van der Waals surface area contributed by atoms with Crippen LogP contribution >= 0.6 is 0 Å². The van der Waals surface area contributed by atoms with Crippen molar-refractivity contribution in [2.24, 2.45) is 0 Å². The molecule has 0 saturated carbocycles. The van der Waals surface area contributed by atoms with Crippen molar-refractivity contribution in [1.29, 1.82) is 0 Å². The van der Waals surface area contributed by atoms with Gasteiger partial charge in [-0.15, -0.1) is 0 Å². The van der Waals surface area contributed by atoms with Crippen molar-refractivity contribution in [3.05, 3.63) is 33.6 Å². The first kappa shape index (κ1) is 34.1. The van der Waals surface area contributed by atoms with Crippen LogP contribution in [0.3, 0.4) is 0 Å². The van der Waals surface area contributed by atoms with Crippen LogP contribution in [0.4, 0.5) is 0 Å². The molecule has 0 saturated heterocycles. The van der Waals surface area contributed by atoms with Gasteiger partial charge in [0.2, 0.25) is 0 Å². The summed E-state index contributed by atoms with van der Waals surface area (Å²) in [5, 5.41) is 11.0. The summed E-state index contributed by atoms with van der Waals surface area (Å²) in [4.78, 5) is 0. The minimum absolute atomic E-state index is 0. The summed E-state index contributed by atoms with van der Waals surface area (Å²) in [6, 6.07) is 7.60. The van der Waals surface area contributed by atoms with Crippen molar-refractivity contribution < 1.29 is 35.9 Å². The quantitative estimate of drug-likeness (QED) is 0.601. The Morgan fingerprint density at radius 3 is 1.28 bits per heavy atom. The first-order chi connectivity index (χ1) is 11.9. The van der Waals surface area contributed by atoms with E-state index in [1.165, 1.54) is 0 Å². The summed E-state index contributed by atoms with van der Waals surface area (Å²) in [7, 11) is -4.42. The SMILES string of the molecule is C[Si](C)(C)[N-][Si](C)(C)C.C[Si](C)(C)[N-][Si](C)(C)C.[Fe+2].[Li+].c1ccc2[n-]nnc2c1. The molecule has 0 aliphatic heterocycles. The van der Waals surface area contributed by atoms with E-state index in [9.17, 15) is 0 Å². The zero-order chi connectivity index (χ0) is 21.5. The number of rotatable bonds is 4. The molecule has 0 aliphatic rings. The molecule has 1 heterocycles. The number of hydrogen-bond donors (Lipinski definition) is 0. The van der Waals surface area contributed by atoms with Crippen molar-refractivity contribution in [2.75, 3.05) is 0 Å². The van der Waals surface area contributed by atoms with Gasteiger partial charge in [-0.05, 0) is 11.0 Å². The van der Waals surface area contributed by atoms with Gasteiger partial charge in [0.15, 0.2) is 0 Å². The molecule has 1 aromatic carbocycles. The van der Waals surface area contributed by atoms with Gasteiger partial charge in [-0.2, -0.15) is 0 Å². The van der Waals surface area contributed by atoms with E-state index in [0.29, 0.717) is 0 Å². The maximum Gasteiger partial charge on any atom is 2.00 e. The third-order valence-corrected chi connectivity index (χ3v) is 13.3. The van der Waals surface area contributed by atoms with Crippen LogP contribution in [0, 0.1) is 0 Å². The molecule has 0 spiro atoms. The maximum atomic E-state index is 4.82. The monoisotopic (exact) mass is 501 g/mol. The molecular weight excluding hydrogens is 461 g/mol. The van der Waals surface area contributed by atoms with Gasteiger partial charge in [-0.25, -0.2) is 0 Å². The summed E-state index contributed by atoms with van der Waals surface area (Å²) in [5.74, 6) is 0. The van der Waals surface area contributed by atoms with E-state index in [-0.39, 0.29) is 35.9 Å². The molecule has 0 N–H and O–H groups in total. The zero-order valence-corrected chi connectivity index (χ0v) is 26.0. The number of fused-ring (bicyclic) bond motifs is 1. The Balaban J connectivity index is -0.000000338. The molecule has 29 heavy (non-hydrogen) atoms. The van der Waals surface area contributed by atoms with Crippen molar-refractivity contribution in [1.82, 2.24) is 15.4 Å². The Morgan fingerprint density at radius 2 is 1.00 bits per heavy atom. The van der Waals surface area contributed by atoms with Gasteiger partial charge in [-0.3, -0.25) is 5.21 Å². The van der Waals surface area contributed by atoms with E-state index in [1.54, 1.807) is 0 Å². The fraction of sp³-hybridized carbons (Fsp3) is 0.667. The summed E-state index contributed by atoms with van der Waals surface area (Å²) < 4.78 is 9.64. The smallest absolute Gasteiger partial charge is 0.668 e. The second-order valence-corrected chi connectivity index (χ2v) is 29.8. The molecule has 0 aliphatic carbocycles. The molecule has 11 heteroatoms. The summed E-state index contributed by atoms with van der Waals surface area (Å²) >= 11 is 0. The van der Waals surface area contributed by atoms with E-state index >= 15 is 0 Å². The van der Waals surface area contributed by atoms with Gasteiger partial charge < -0.3 is 19.5 Å². The molecule has 0 unspecified atom stereocenters. The van der Waals surface area contributed by atoms with E-state index in [4.69, 9.17) is 9.30 Å². The molecule has 0 amide bonds. The molecule has 0 radical (unpaired) electrons. The summed E-state index contributed by atoms with van der Waals surface area (Å²) in [6.45, 7) is 27.6. The largest absolute Gasteiger partial charge is 2.00 e. The molecule has 2 rings (SSSR count). The van der Waals surface area contributed by atoms with Crippen LogP contribution in [0.5, 0.6) is 0 Å². The normalized spacial score (nSPS) is 11.9. The standard InChI is InChI=1S/C6H4N3.2C6H18NSi2.Fe.Li/c1-2-4-6-5(3-1)7-9-8-6;2*1-8(2,3)7-9(4,5)6;;/h1-4H;2*1-6H3;;/q3*-1;+2;+1. The van der Waals surface area contributed by atoms with Gasteiger partial charge in [-0.1, -0.05) is 136 Å². The van der Waals surface area contributed by atoms with Crippen molar-refractivity contribution >= 4 is 44.0 Å². The molecule has 0 bridgehead atoms. The Hall–Kier alpha value is 0.524. The number of aromatic nitrogens is 3. The Morgan fingerprint density at radius 1 is 0.655 bits per heavy atom. The number of benzene rings is 1. The fourth-order valence-corrected chi connectivity index (χ4v) is 18.9. The van der Waals surface area contributed by atoms with E-state index in [1.807, 2.05) is 24.3 Å². The first-order valence-electron chi connectivity index (χ1n) is 9.57. The maximum absolute atomic E-state index is 4.82. The van der Waals surface area contributed by atoms with E-state index in [0.717, 1.165) is 11.0 Å². The van der Waals surface area contributed by atoms with E-state index in [2.05, 4.69) is 94.0 Å². The molecule has 1 aromatic heterocycles. The van der Waals surface area contributed by atoms with Crippen LogP contribution in [0.25, 0.3) is 20.3 Å². The van der Waals surface area contributed by atoms with Gasteiger partial charge in [0, 0.05) is 0 Å². The summed E-state index contributed by atoms with van der Waals surface area (Å²) in [6.07, 6.45) is 0. The molecular formula is C18H40FeLiN5Si4. The Labute approximate surface area is 206 Å². The molecule has 0 fully saturated rings. The predicted octanol–water partition coefficient (Wildman–Crippen LogP) is 3.65. The Kier molecular flexibility index (Phi) is 16.3. The van der Waals surface area contributed by atoms with Gasteiger partial charge >= 0.3 is 35.9 Å². The van der Waals surface area contributed by atoms with Gasteiger partial charge in [0.25, 0.3) is 0 Å². The van der Waals surface area contributed by atoms with Crippen LogP contribution < -0.4 is 24.0 Å². The topological polar surface area (TPSA) is 68.1 Å². The molecule has 0 atom stereocenters. The Bertz CT molecular complexity index is 593. The van der Waals surface area contributed by atoms with E-state index < -0.39 is 32.9 Å². The van der Waals surface area contributed by atoms with Crippen LogP contribution in [-0.2, 0) is 17.1 Å². The molecule has 162 valence electrons. The average Bonchev–Trinajstić information content (AvgIpc) is 2.78. The van der Waals surface area contributed by atoms with Gasteiger partial charge in [0.05, 0.1) is 0 Å². The molecule has 5 nitrogen and oxygen atoms in total. The summed E-state index contributed by atoms with van der Waals surface area (Å²) in [5.41, 5.74) is 1.72. The first-order valence-corrected chi connectivity index (χ1v) is 23.4. The fourth-order valence-electron chi connectivity index (χ4n) is 2.76. The zero-order valence-electron chi connectivity index (χ0n) is 20.9. The third kappa shape index (κ3) is 23.0. The van der Waals surface area contributed by atoms with Crippen LogP contribution in [0.2, 0.25) is 78.6 Å². The van der Waals surface area contributed by atoms with Crippen LogP contribution in [0.1, 0.15) is 0 Å². The molecule has 2 aromatic rings. The van der Waals surface area contributed by atoms with Crippen molar-refractivity contribution in [3.63, 3.8) is 0 Å². The van der Waals surface area contributed by atoms with Crippen molar-refractivity contribution in [3.8, 4) is 0 Å². The second-order valence-electron chi connectivity index (χ2n) is 10.7. The van der Waals surface area contributed by atoms with Crippen LogP contribution in [-0.4, -0.2) is 43.3 Å². The van der Waals surface area contributed by atoms with Gasteiger partial charge in [0.1, 0.15) is 0 Å². The van der Waals surface area contributed by atoms with Crippen molar-refractivity contribution in [2.45, 2.75) is 78.6 Å². The number of nitrogens with zero attached hydrogens (tertiary/aromatic N) is 5. The average molecular weight is 502 g/mol. The number of hydrogen-bond acceptors (Lipinski definition) is 2. The minimum atomic E-state index is -1.11. The van der Waals surface area contributed by atoms with Crippen LogP contribution in [0.15, 0.2) is 24.3 Å². The predicted molar refractivity (Wildman–Crippen MR) is 133 cm³/mol. The minimum Gasteiger partial charge on any atom is -0.668 e. The third-order valence-electron chi connectivity index (χ3n) is 2.53.